The Morgan fingerprint density at radius 3 is 2.86 bits per heavy atom. The molecule has 1 amide bonds. The van der Waals surface area contributed by atoms with E-state index in [-0.39, 0.29) is 0 Å². The number of nitrogens with one attached hydrogen (secondary N) is 1. The molecule has 0 aliphatic carbocycles. The number of carbonyl (C=O) groups excluding carboxylic acids is 1. The van der Waals surface area contributed by atoms with Crippen molar-refractivity contribution in [2.75, 3.05) is 0 Å². The Morgan fingerprint density at radius 1 is 1.36 bits per heavy atom. The lowest BCUT2D eigenvalue weighted by atomic mass is 10.1. The van der Waals surface area contributed by atoms with Gasteiger partial charge in [0.1, 0.15) is 0 Å². The lowest BCUT2D eigenvalue weighted by Crippen LogP contribution is -2.12. The van der Waals surface area contributed by atoms with E-state index in [1.807, 2.05) is 0 Å². The number of nitrogens with two attached hydrogens (primary N) is 1. The molecule has 0 unspecified atom stereocenters. The first-order valence-corrected chi connectivity index (χ1v) is 4.02. The zero-order valence-electron chi connectivity index (χ0n) is 7.27. The van der Waals surface area contributed by atoms with Crippen LogP contribution in [0, 0.1) is 0 Å². The molecule has 70 valence electrons. The van der Waals surface area contributed by atoms with Gasteiger partial charge in [-0.05, 0) is 12.1 Å². The summed E-state index contributed by atoms with van der Waals surface area (Å²) < 4.78 is 0. The van der Waals surface area contributed by atoms with Gasteiger partial charge in [0.15, 0.2) is 0 Å². The highest BCUT2D eigenvalue weighted by Crippen LogP contribution is 2.19. The number of rotatable bonds is 2. The van der Waals surface area contributed by atoms with Crippen LogP contribution in [0.5, 0.6) is 0 Å². The number of primary amides is 1. The van der Waals surface area contributed by atoms with E-state index in [2.05, 4.69) is 15.2 Å². The second-order valence-electron chi connectivity index (χ2n) is 2.76. The number of aromatic nitrogens is 3. The Balaban J connectivity index is 2.58. The lowest BCUT2D eigenvalue weighted by Gasteiger charge is -2.02. The van der Waals surface area contributed by atoms with Gasteiger partial charge in [0.2, 0.25) is 0 Å². The van der Waals surface area contributed by atoms with Gasteiger partial charge >= 0.3 is 0 Å². The smallest absolute Gasteiger partial charge is 0.250 e. The number of carbonyl (C=O) groups is 1. The van der Waals surface area contributed by atoms with Crippen LogP contribution in [0.3, 0.4) is 0 Å². The molecular weight excluding hydrogens is 180 g/mol. The van der Waals surface area contributed by atoms with Crippen molar-refractivity contribution in [1.82, 2.24) is 15.2 Å². The van der Waals surface area contributed by atoms with Gasteiger partial charge in [0.25, 0.3) is 5.91 Å². The molecule has 14 heavy (non-hydrogen) atoms. The fraction of sp³-hybridized carbons (Fsp3) is 0. The first kappa shape index (κ1) is 8.43. The summed E-state index contributed by atoms with van der Waals surface area (Å²) in [6.07, 6.45) is 4.65. The van der Waals surface area contributed by atoms with Crippen molar-refractivity contribution in [2.45, 2.75) is 0 Å². The molecule has 0 radical (unpaired) electrons. The molecule has 0 aliphatic heterocycles. The molecule has 0 aliphatic rings. The highest BCUT2D eigenvalue weighted by Gasteiger charge is 2.09. The fourth-order valence-electron chi connectivity index (χ4n) is 1.23. The van der Waals surface area contributed by atoms with Gasteiger partial charge in [-0.15, -0.1) is 0 Å². The van der Waals surface area contributed by atoms with Gasteiger partial charge in [0, 0.05) is 24.2 Å². The Hall–Kier alpha value is -2.17. The van der Waals surface area contributed by atoms with E-state index in [9.17, 15) is 4.79 Å². The average molecular weight is 188 g/mol. The largest absolute Gasteiger partial charge is 0.366 e. The maximum absolute atomic E-state index is 11.1. The van der Waals surface area contributed by atoms with Gasteiger partial charge in [0.05, 0.1) is 11.3 Å². The number of H-pyrrole nitrogens is 1. The predicted molar refractivity (Wildman–Crippen MR) is 50.3 cm³/mol. The number of nitrogens with zero attached hydrogens (tertiary/aromatic N) is 2. The summed E-state index contributed by atoms with van der Waals surface area (Å²) in [6.45, 7) is 0. The van der Waals surface area contributed by atoms with Gasteiger partial charge < -0.3 is 5.73 Å². The minimum absolute atomic E-state index is 0.386. The van der Waals surface area contributed by atoms with E-state index in [4.69, 9.17) is 5.73 Å². The van der Waals surface area contributed by atoms with E-state index in [0.717, 1.165) is 5.69 Å². The summed E-state index contributed by atoms with van der Waals surface area (Å²) >= 11 is 0. The zero-order valence-corrected chi connectivity index (χ0v) is 7.27. The van der Waals surface area contributed by atoms with Crippen molar-refractivity contribution >= 4 is 5.91 Å². The van der Waals surface area contributed by atoms with Gasteiger partial charge in [-0.3, -0.25) is 14.9 Å². The normalized spacial score (nSPS) is 10.0. The molecule has 0 spiro atoms. The molecule has 3 N–H and O–H groups in total. The number of aromatic amines is 1. The lowest BCUT2D eigenvalue weighted by molar-refractivity contribution is 0.100. The Labute approximate surface area is 80.0 Å². The molecule has 2 aromatic heterocycles. The van der Waals surface area contributed by atoms with Crippen LogP contribution in [0.4, 0.5) is 0 Å². The summed E-state index contributed by atoms with van der Waals surface area (Å²) in [5.74, 6) is -0.497. The van der Waals surface area contributed by atoms with Crippen LogP contribution in [0.1, 0.15) is 10.4 Å². The first-order chi connectivity index (χ1) is 6.79. The molecule has 2 rings (SSSR count). The van der Waals surface area contributed by atoms with Crippen LogP contribution in [-0.2, 0) is 0 Å². The first-order valence-electron chi connectivity index (χ1n) is 4.02. The summed E-state index contributed by atoms with van der Waals surface area (Å²) in [5, 5.41) is 6.56. The van der Waals surface area contributed by atoms with E-state index < -0.39 is 5.91 Å². The van der Waals surface area contributed by atoms with E-state index >= 15 is 0 Å². The molecule has 2 heterocycles. The third kappa shape index (κ3) is 1.35. The molecular formula is C9H8N4O. The standard InChI is InChI=1S/C9H8N4O/c10-9(14)7-5-11-3-1-6(7)8-2-4-12-13-8/h1-5H,(H2,10,14)(H,12,13). The van der Waals surface area contributed by atoms with Crippen LogP contribution in [0.15, 0.2) is 30.7 Å². The maximum Gasteiger partial charge on any atom is 0.250 e. The molecule has 0 saturated carbocycles. The van der Waals surface area contributed by atoms with Crippen molar-refractivity contribution in [3.63, 3.8) is 0 Å². The van der Waals surface area contributed by atoms with Crippen molar-refractivity contribution in [2.24, 2.45) is 5.73 Å². The molecule has 5 heteroatoms. The summed E-state index contributed by atoms with van der Waals surface area (Å²) in [6, 6.07) is 3.48. The molecule has 0 fully saturated rings. The summed E-state index contributed by atoms with van der Waals surface area (Å²) in [4.78, 5) is 14.9. The zero-order chi connectivity index (χ0) is 9.97. The molecule has 0 bridgehead atoms. The minimum atomic E-state index is -0.497. The van der Waals surface area contributed by atoms with Crippen molar-refractivity contribution in [3.05, 3.63) is 36.3 Å². The Bertz CT molecular complexity index is 450. The second kappa shape index (κ2) is 3.29. The Kier molecular flexibility index (Phi) is 1.98. The predicted octanol–water partition coefficient (Wildman–Crippen LogP) is 0.571. The molecule has 5 nitrogen and oxygen atoms in total. The fourth-order valence-corrected chi connectivity index (χ4v) is 1.23. The van der Waals surface area contributed by atoms with Gasteiger partial charge in [-0.2, -0.15) is 5.10 Å². The topological polar surface area (TPSA) is 84.7 Å². The number of hydrogen-bond donors (Lipinski definition) is 2. The van der Waals surface area contributed by atoms with Crippen molar-refractivity contribution in [1.29, 1.82) is 0 Å². The van der Waals surface area contributed by atoms with Gasteiger partial charge in [-0.25, -0.2) is 0 Å². The number of hydrogen-bond acceptors (Lipinski definition) is 3. The molecule has 2 aromatic rings. The van der Waals surface area contributed by atoms with E-state index in [1.165, 1.54) is 6.20 Å². The minimum Gasteiger partial charge on any atom is -0.366 e. The molecule has 0 aromatic carbocycles. The highest BCUT2D eigenvalue weighted by molar-refractivity contribution is 5.98. The highest BCUT2D eigenvalue weighted by atomic mass is 16.1. The summed E-state index contributed by atoms with van der Waals surface area (Å²) in [7, 11) is 0. The third-order valence-corrected chi connectivity index (χ3v) is 1.88. The van der Waals surface area contributed by atoms with E-state index in [1.54, 1.807) is 24.5 Å². The molecule has 0 atom stereocenters. The maximum atomic E-state index is 11.1. The molecule has 0 saturated heterocycles. The number of pyridine rings is 1. The van der Waals surface area contributed by atoms with Crippen LogP contribution < -0.4 is 5.73 Å². The monoisotopic (exact) mass is 188 g/mol. The van der Waals surface area contributed by atoms with Crippen LogP contribution in [-0.4, -0.2) is 21.1 Å². The number of amides is 1. The third-order valence-electron chi connectivity index (χ3n) is 1.88. The van der Waals surface area contributed by atoms with Gasteiger partial charge in [-0.1, -0.05) is 0 Å². The van der Waals surface area contributed by atoms with Crippen molar-refractivity contribution in [3.8, 4) is 11.3 Å². The average Bonchev–Trinajstić information content (AvgIpc) is 2.70. The summed E-state index contributed by atoms with van der Waals surface area (Å²) in [5.41, 5.74) is 7.06. The van der Waals surface area contributed by atoms with Crippen molar-refractivity contribution < 1.29 is 4.79 Å². The Morgan fingerprint density at radius 2 is 2.21 bits per heavy atom. The van der Waals surface area contributed by atoms with Crippen LogP contribution >= 0.6 is 0 Å². The SMILES string of the molecule is NC(=O)c1cnccc1-c1ccn[nH]1. The van der Waals surface area contributed by atoms with Crippen LogP contribution in [0.25, 0.3) is 11.3 Å². The second-order valence-corrected chi connectivity index (χ2v) is 2.76. The quantitative estimate of drug-likeness (QED) is 0.722. The van der Waals surface area contributed by atoms with E-state index in [0.29, 0.717) is 11.1 Å². The van der Waals surface area contributed by atoms with Crippen LogP contribution in [0.2, 0.25) is 0 Å².